The highest BCUT2D eigenvalue weighted by Crippen LogP contribution is 2.29. The SMILES string of the molecule is CC1CCN(c2ccc(F)cc2C(N)=O)CC1CN. The average Bonchev–Trinajstić information content (AvgIpc) is 2.39. The Hall–Kier alpha value is -1.62. The van der Waals surface area contributed by atoms with Gasteiger partial charge in [0.1, 0.15) is 5.82 Å². The van der Waals surface area contributed by atoms with Gasteiger partial charge >= 0.3 is 0 Å². The first kappa shape index (κ1) is 13.8. The van der Waals surface area contributed by atoms with Crippen molar-refractivity contribution in [2.24, 2.45) is 23.3 Å². The van der Waals surface area contributed by atoms with Crippen molar-refractivity contribution >= 4 is 11.6 Å². The molecule has 1 amide bonds. The number of benzene rings is 1. The van der Waals surface area contributed by atoms with Crippen molar-refractivity contribution in [1.29, 1.82) is 0 Å². The van der Waals surface area contributed by atoms with Gasteiger partial charge in [-0.2, -0.15) is 0 Å². The van der Waals surface area contributed by atoms with Gasteiger partial charge in [-0.15, -0.1) is 0 Å². The average molecular weight is 265 g/mol. The van der Waals surface area contributed by atoms with Gasteiger partial charge in [0.15, 0.2) is 0 Å². The highest BCUT2D eigenvalue weighted by Gasteiger charge is 2.27. The quantitative estimate of drug-likeness (QED) is 0.866. The maximum atomic E-state index is 13.2. The Bertz CT molecular complexity index is 478. The molecule has 2 unspecified atom stereocenters. The predicted molar refractivity (Wildman–Crippen MR) is 73.5 cm³/mol. The first-order valence-corrected chi connectivity index (χ1v) is 6.57. The summed E-state index contributed by atoms with van der Waals surface area (Å²) >= 11 is 0. The molecule has 0 saturated carbocycles. The molecule has 2 rings (SSSR count). The fourth-order valence-corrected chi connectivity index (χ4v) is 2.66. The zero-order valence-electron chi connectivity index (χ0n) is 11.1. The fraction of sp³-hybridized carbons (Fsp3) is 0.500. The summed E-state index contributed by atoms with van der Waals surface area (Å²) in [6.07, 6.45) is 1.01. The van der Waals surface area contributed by atoms with Crippen LogP contribution in [0.25, 0.3) is 0 Å². The second-order valence-electron chi connectivity index (χ2n) is 5.23. The summed E-state index contributed by atoms with van der Waals surface area (Å²) in [5.41, 5.74) is 12.1. The number of anilines is 1. The Morgan fingerprint density at radius 3 is 2.89 bits per heavy atom. The Kier molecular flexibility index (Phi) is 4.04. The molecule has 0 spiro atoms. The third-order valence-electron chi connectivity index (χ3n) is 3.98. The molecule has 0 aromatic heterocycles. The molecule has 1 aliphatic rings. The minimum Gasteiger partial charge on any atom is -0.371 e. The van der Waals surface area contributed by atoms with E-state index in [2.05, 4.69) is 11.8 Å². The third-order valence-corrected chi connectivity index (χ3v) is 3.98. The number of nitrogens with zero attached hydrogens (tertiary/aromatic N) is 1. The van der Waals surface area contributed by atoms with Crippen molar-refractivity contribution in [3.63, 3.8) is 0 Å². The molecule has 4 N–H and O–H groups in total. The molecular weight excluding hydrogens is 245 g/mol. The van der Waals surface area contributed by atoms with E-state index in [4.69, 9.17) is 11.5 Å². The maximum absolute atomic E-state index is 13.2. The van der Waals surface area contributed by atoms with E-state index in [1.165, 1.54) is 12.1 Å². The summed E-state index contributed by atoms with van der Waals surface area (Å²) in [7, 11) is 0. The third kappa shape index (κ3) is 2.87. The van der Waals surface area contributed by atoms with Crippen LogP contribution < -0.4 is 16.4 Å². The van der Waals surface area contributed by atoms with Crippen molar-refractivity contribution in [1.82, 2.24) is 0 Å². The molecule has 0 bridgehead atoms. The highest BCUT2D eigenvalue weighted by molar-refractivity contribution is 5.98. The lowest BCUT2D eigenvalue weighted by atomic mass is 9.86. The van der Waals surface area contributed by atoms with Gasteiger partial charge in [0.25, 0.3) is 5.91 Å². The molecule has 19 heavy (non-hydrogen) atoms. The van der Waals surface area contributed by atoms with E-state index in [1.54, 1.807) is 6.07 Å². The lowest BCUT2D eigenvalue weighted by Crippen LogP contribution is -2.43. The number of primary amides is 1. The standard InChI is InChI=1S/C14H20FN3O/c1-9-4-5-18(8-10(9)7-16)13-3-2-11(15)6-12(13)14(17)19/h2-3,6,9-10H,4-5,7-8,16H2,1H3,(H2,17,19). The molecule has 0 radical (unpaired) electrons. The van der Waals surface area contributed by atoms with Crippen LogP contribution in [0.15, 0.2) is 18.2 Å². The molecule has 1 aromatic rings. The summed E-state index contributed by atoms with van der Waals surface area (Å²) in [5, 5.41) is 0. The number of nitrogens with two attached hydrogens (primary N) is 2. The van der Waals surface area contributed by atoms with Crippen LogP contribution in [0.4, 0.5) is 10.1 Å². The Morgan fingerprint density at radius 1 is 1.53 bits per heavy atom. The molecule has 1 heterocycles. The van der Waals surface area contributed by atoms with Crippen LogP contribution in [-0.4, -0.2) is 25.5 Å². The van der Waals surface area contributed by atoms with Crippen LogP contribution in [0.1, 0.15) is 23.7 Å². The topological polar surface area (TPSA) is 72.3 Å². The number of hydrogen-bond acceptors (Lipinski definition) is 3. The number of carbonyl (C=O) groups excluding carboxylic acids is 1. The van der Waals surface area contributed by atoms with Gasteiger partial charge in [-0.05, 0) is 43.0 Å². The number of rotatable bonds is 3. The number of amides is 1. The van der Waals surface area contributed by atoms with E-state index < -0.39 is 11.7 Å². The zero-order chi connectivity index (χ0) is 14.0. The summed E-state index contributed by atoms with van der Waals surface area (Å²) in [6, 6.07) is 4.18. The molecule has 5 heteroatoms. The molecule has 1 aliphatic heterocycles. The number of piperidine rings is 1. The van der Waals surface area contributed by atoms with Gasteiger partial charge in [0.05, 0.1) is 5.56 Å². The van der Waals surface area contributed by atoms with E-state index in [0.717, 1.165) is 19.5 Å². The molecule has 1 saturated heterocycles. The summed E-state index contributed by atoms with van der Waals surface area (Å²) < 4.78 is 13.2. The second kappa shape index (κ2) is 5.57. The van der Waals surface area contributed by atoms with E-state index in [0.29, 0.717) is 24.1 Å². The van der Waals surface area contributed by atoms with E-state index >= 15 is 0 Å². The van der Waals surface area contributed by atoms with Gasteiger partial charge in [0.2, 0.25) is 0 Å². The normalized spacial score (nSPS) is 23.4. The molecule has 4 nitrogen and oxygen atoms in total. The van der Waals surface area contributed by atoms with E-state index in [1.807, 2.05) is 0 Å². The van der Waals surface area contributed by atoms with Gasteiger partial charge in [-0.3, -0.25) is 4.79 Å². The zero-order valence-corrected chi connectivity index (χ0v) is 11.1. The van der Waals surface area contributed by atoms with Crippen molar-refractivity contribution in [3.05, 3.63) is 29.6 Å². The van der Waals surface area contributed by atoms with E-state index in [-0.39, 0.29) is 5.56 Å². The summed E-state index contributed by atoms with van der Waals surface area (Å²) in [6.45, 7) is 4.42. The van der Waals surface area contributed by atoms with Crippen molar-refractivity contribution < 1.29 is 9.18 Å². The van der Waals surface area contributed by atoms with E-state index in [9.17, 15) is 9.18 Å². The van der Waals surface area contributed by atoms with Gasteiger partial charge in [-0.1, -0.05) is 6.92 Å². The number of hydrogen-bond donors (Lipinski definition) is 2. The summed E-state index contributed by atoms with van der Waals surface area (Å²) in [4.78, 5) is 13.5. The van der Waals surface area contributed by atoms with Crippen LogP contribution in [0, 0.1) is 17.7 Å². The smallest absolute Gasteiger partial charge is 0.250 e. The highest BCUT2D eigenvalue weighted by atomic mass is 19.1. The van der Waals surface area contributed by atoms with Crippen molar-refractivity contribution in [2.75, 3.05) is 24.5 Å². The molecule has 1 aromatic carbocycles. The second-order valence-corrected chi connectivity index (χ2v) is 5.23. The largest absolute Gasteiger partial charge is 0.371 e. The first-order chi connectivity index (χ1) is 9.02. The lowest BCUT2D eigenvalue weighted by molar-refractivity contribution is 0.1000. The Morgan fingerprint density at radius 2 is 2.26 bits per heavy atom. The van der Waals surface area contributed by atoms with Gasteiger partial charge in [-0.25, -0.2) is 4.39 Å². The Labute approximate surface area is 112 Å². The number of halogens is 1. The Balaban J connectivity index is 2.29. The minimum atomic E-state index is -0.600. The van der Waals surface area contributed by atoms with Gasteiger partial charge < -0.3 is 16.4 Å². The van der Waals surface area contributed by atoms with Crippen LogP contribution >= 0.6 is 0 Å². The first-order valence-electron chi connectivity index (χ1n) is 6.57. The minimum absolute atomic E-state index is 0.241. The van der Waals surface area contributed by atoms with Crippen LogP contribution in [0.5, 0.6) is 0 Å². The van der Waals surface area contributed by atoms with Gasteiger partial charge in [0, 0.05) is 18.8 Å². The van der Waals surface area contributed by atoms with Crippen molar-refractivity contribution in [2.45, 2.75) is 13.3 Å². The van der Waals surface area contributed by atoms with Crippen LogP contribution in [-0.2, 0) is 0 Å². The maximum Gasteiger partial charge on any atom is 0.250 e. The van der Waals surface area contributed by atoms with Crippen LogP contribution in [0.2, 0.25) is 0 Å². The summed E-state index contributed by atoms with van der Waals surface area (Å²) in [5.74, 6) is -0.0889. The molecule has 2 atom stereocenters. The predicted octanol–water partition coefficient (Wildman–Crippen LogP) is 1.35. The molecule has 1 fully saturated rings. The monoisotopic (exact) mass is 265 g/mol. The molecule has 104 valence electrons. The molecule has 0 aliphatic carbocycles. The fourth-order valence-electron chi connectivity index (χ4n) is 2.66. The molecular formula is C14H20FN3O. The number of carbonyl (C=O) groups is 1. The van der Waals surface area contributed by atoms with Crippen LogP contribution in [0.3, 0.4) is 0 Å². The lowest BCUT2D eigenvalue weighted by Gasteiger charge is -2.38. The van der Waals surface area contributed by atoms with Crippen molar-refractivity contribution in [3.8, 4) is 0 Å².